The normalized spacial score (nSPS) is 11.6. The molecule has 0 aliphatic heterocycles. The Kier molecular flexibility index (Phi) is 3.90. The topological polar surface area (TPSA) is 108 Å². The molecule has 0 aliphatic carbocycles. The number of nitro benzene ring substituents is 1. The van der Waals surface area contributed by atoms with Gasteiger partial charge in [-0.3, -0.25) is 15.1 Å². The van der Waals surface area contributed by atoms with Crippen LogP contribution in [0.1, 0.15) is 17.2 Å². The largest absolute Gasteiger partial charge is 0.437 e. The summed E-state index contributed by atoms with van der Waals surface area (Å²) in [5.41, 5.74) is 6.28. The Morgan fingerprint density at radius 3 is 2.20 bits per heavy atom. The molecule has 7 heteroatoms. The average molecular weight is 273 g/mol. The number of nitrogens with zero attached hydrogens (tertiary/aromatic N) is 2. The zero-order valence-corrected chi connectivity index (χ0v) is 10.3. The number of aromatic nitrogens is 1. The molecular weight excluding hydrogens is 262 g/mol. The van der Waals surface area contributed by atoms with Crippen LogP contribution in [0, 0.1) is 10.1 Å². The van der Waals surface area contributed by atoms with Gasteiger partial charge in [0.15, 0.2) is 6.10 Å². The van der Waals surface area contributed by atoms with E-state index < -0.39 is 17.1 Å². The van der Waals surface area contributed by atoms with Gasteiger partial charge in [0.1, 0.15) is 0 Å². The fourth-order valence-corrected chi connectivity index (χ4v) is 1.75. The fraction of sp³-hybridized carbons (Fsp3) is 0.0769. The Morgan fingerprint density at radius 2 is 1.70 bits per heavy atom. The second kappa shape index (κ2) is 5.79. The van der Waals surface area contributed by atoms with Crippen molar-refractivity contribution in [1.82, 2.24) is 4.98 Å². The second-order valence-corrected chi connectivity index (χ2v) is 3.95. The Morgan fingerprint density at radius 1 is 1.15 bits per heavy atom. The van der Waals surface area contributed by atoms with Crippen LogP contribution < -0.4 is 5.73 Å². The third-order valence-electron chi connectivity index (χ3n) is 2.65. The molecule has 0 aliphatic rings. The quantitative estimate of drug-likeness (QED) is 0.678. The summed E-state index contributed by atoms with van der Waals surface area (Å²) in [7, 11) is 0. The fourth-order valence-electron chi connectivity index (χ4n) is 1.75. The maximum absolute atomic E-state index is 11.0. The molecular formula is C13H11N3O4. The van der Waals surface area contributed by atoms with E-state index in [1.165, 1.54) is 24.3 Å². The van der Waals surface area contributed by atoms with Gasteiger partial charge in [0.2, 0.25) is 0 Å². The molecule has 1 amide bonds. The number of non-ortho nitro benzene ring substituents is 1. The molecule has 1 unspecified atom stereocenters. The van der Waals surface area contributed by atoms with Gasteiger partial charge in [-0.25, -0.2) is 4.79 Å². The van der Waals surface area contributed by atoms with Crippen molar-refractivity contribution in [3.8, 4) is 0 Å². The van der Waals surface area contributed by atoms with Gasteiger partial charge < -0.3 is 10.5 Å². The number of pyridine rings is 1. The molecule has 7 nitrogen and oxygen atoms in total. The lowest BCUT2D eigenvalue weighted by molar-refractivity contribution is -0.384. The molecule has 1 aromatic heterocycles. The van der Waals surface area contributed by atoms with E-state index >= 15 is 0 Å². The van der Waals surface area contributed by atoms with E-state index in [-0.39, 0.29) is 5.69 Å². The van der Waals surface area contributed by atoms with Crippen molar-refractivity contribution >= 4 is 11.8 Å². The van der Waals surface area contributed by atoms with Gasteiger partial charge in [-0.05, 0) is 29.8 Å². The highest BCUT2D eigenvalue weighted by atomic mass is 16.6. The number of nitrogens with two attached hydrogens (primary N) is 1. The van der Waals surface area contributed by atoms with E-state index in [1.807, 2.05) is 0 Å². The number of ether oxygens (including phenoxy) is 1. The molecule has 102 valence electrons. The van der Waals surface area contributed by atoms with Crippen molar-refractivity contribution < 1.29 is 14.5 Å². The Balaban J connectivity index is 2.36. The van der Waals surface area contributed by atoms with E-state index in [9.17, 15) is 14.9 Å². The van der Waals surface area contributed by atoms with Crippen LogP contribution in [0.5, 0.6) is 0 Å². The SMILES string of the molecule is NC(=O)OC(c1ccncc1)c1ccc([N+](=O)[O-])cc1. The van der Waals surface area contributed by atoms with Crippen molar-refractivity contribution in [3.63, 3.8) is 0 Å². The van der Waals surface area contributed by atoms with Crippen molar-refractivity contribution in [2.24, 2.45) is 5.73 Å². The van der Waals surface area contributed by atoms with Crippen molar-refractivity contribution in [2.75, 3.05) is 0 Å². The number of carbonyl (C=O) groups is 1. The summed E-state index contributed by atoms with van der Waals surface area (Å²) in [5.74, 6) is 0. The lowest BCUT2D eigenvalue weighted by Crippen LogP contribution is -2.18. The number of primary amides is 1. The van der Waals surface area contributed by atoms with Gasteiger partial charge >= 0.3 is 6.09 Å². The van der Waals surface area contributed by atoms with Crippen molar-refractivity contribution in [1.29, 1.82) is 0 Å². The minimum absolute atomic E-state index is 0.0405. The first-order chi connectivity index (χ1) is 9.58. The van der Waals surface area contributed by atoms with Crippen LogP contribution in [0.3, 0.4) is 0 Å². The molecule has 1 aromatic carbocycles. The second-order valence-electron chi connectivity index (χ2n) is 3.95. The predicted octanol–water partition coefficient (Wildman–Crippen LogP) is 2.17. The van der Waals surface area contributed by atoms with E-state index in [1.54, 1.807) is 24.5 Å². The van der Waals surface area contributed by atoms with E-state index in [0.717, 1.165) is 0 Å². The molecule has 0 spiro atoms. The van der Waals surface area contributed by atoms with E-state index in [4.69, 9.17) is 10.5 Å². The first-order valence-electron chi connectivity index (χ1n) is 5.68. The molecule has 0 bridgehead atoms. The maximum atomic E-state index is 11.0. The number of rotatable bonds is 4. The summed E-state index contributed by atoms with van der Waals surface area (Å²) in [6.45, 7) is 0. The number of carbonyl (C=O) groups excluding carboxylic acids is 1. The van der Waals surface area contributed by atoms with Crippen molar-refractivity contribution in [3.05, 3.63) is 70.0 Å². The molecule has 2 aromatic rings. The van der Waals surface area contributed by atoms with Crippen LogP contribution >= 0.6 is 0 Å². The Hall–Kier alpha value is -2.96. The summed E-state index contributed by atoms with van der Waals surface area (Å²) < 4.78 is 5.06. The molecule has 2 rings (SSSR count). The summed E-state index contributed by atoms with van der Waals surface area (Å²) in [6, 6.07) is 9.07. The van der Waals surface area contributed by atoms with Gasteiger partial charge in [-0.2, -0.15) is 0 Å². The van der Waals surface area contributed by atoms with E-state index in [0.29, 0.717) is 11.1 Å². The van der Waals surface area contributed by atoms with E-state index in [2.05, 4.69) is 4.98 Å². The Bertz CT molecular complexity index is 613. The molecule has 0 radical (unpaired) electrons. The first-order valence-corrected chi connectivity index (χ1v) is 5.68. The summed E-state index contributed by atoms with van der Waals surface area (Å²) in [6.07, 6.45) is 1.46. The summed E-state index contributed by atoms with van der Waals surface area (Å²) in [4.78, 5) is 25.0. The van der Waals surface area contributed by atoms with Crippen LogP contribution in [-0.2, 0) is 4.74 Å². The zero-order chi connectivity index (χ0) is 14.5. The highest BCUT2D eigenvalue weighted by Crippen LogP contribution is 2.27. The van der Waals surface area contributed by atoms with Crippen LogP contribution in [0.25, 0.3) is 0 Å². The molecule has 0 fully saturated rings. The first kappa shape index (κ1) is 13.5. The highest BCUT2D eigenvalue weighted by molar-refractivity contribution is 5.65. The average Bonchev–Trinajstić information content (AvgIpc) is 2.45. The van der Waals surface area contributed by atoms with Gasteiger partial charge in [0.25, 0.3) is 5.69 Å². The van der Waals surface area contributed by atoms with Crippen LogP contribution in [0.4, 0.5) is 10.5 Å². The number of hydrogen-bond acceptors (Lipinski definition) is 5. The number of amides is 1. The minimum Gasteiger partial charge on any atom is -0.437 e. The zero-order valence-electron chi connectivity index (χ0n) is 10.3. The molecule has 0 saturated carbocycles. The smallest absolute Gasteiger partial charge is 0.405 e. The van der Waals surface area contributed by atoms with Crippen LogP contribution in [0.15, 0.2) is 48.8 Å². The Labute approximate surface area is 114 Å². The number of nitro groups is 1. The third kappa shape index (κ3) is 3.08. The lowest BCUT2D eigenvalue weighted by atomic mass is 10.0. The standard InChI is InChI=1S/C13H11N3O4/c14-13(17)20-12(10-5-7-15-8-6-10)9-1-3-11(4-2-9)16(18)19/h1-8,12H,(H2,14,17). The maximum Gasteiger partial charge on any atom is 0.405 e. The van der Waals surface area contributed by atoms with Gasteiger partial charge in [-0.15, -0.1) is 0 Å². The number of benzene rings is 1. The monoisotopic (exact) mass is 273 g/mol. The lowest BCUT2D eigenvalue weighted by Gasteiger charge is -2.17. The summed E-state index contributed by atoms with van der Waals surface area (Å²) >= 11 is 0. The van der Waals surface area contributed by atoms with Gasteiger partial charge in [-0.1, -0.05) is 0 Å². The van der Waals surface area contributed by atoms with Crippen LogP contribution in [-0.4, -0.2) is 16.0 Å². The predicted molar refractivity (Wildman–Crippen MR) is 69.8 cm³/mol. The molecule has 0 saturated heterocycles. The van der Waals surface area contributed by atoms with Crippen molar-refractivity contribution in [2.45, 2.75) is 6.10 Å². The summed E-state index contributed by atoms with van der Waals surface area (Å²) in [5, 5.41) is 10.6. The minimum atomic E-state index is -0.926. The number of hydrogen-bond donors (Lipinski definition) is 1. The molecule has 1 atom stereocenters. The molecule has 20 heavy (non-hydrogen) atoms. The molecule has 1 heterocycles. The third-order valence-corrected chi connectivity index (χ3v) is 2.65. The highest BCUT2D eigenvalue weighted by Gasteiger charge is 2.18. The van der Waals surface area contributed by atoms with Crippen LogP contribution in [0.2, 0.25) is 0 Å². The molecule has 2 N–H and O–H groups in total. The van der Waals surface area contributed by atoms with Gasteiger partial charge in [0, 0.05) is 30.1 Å². The van der Waals surface area contributed by atoms with Gasteiger partial charge in [0.05, 0.1) is 4.92 Å².